The van der Waals surface area contributed by atoms with Crippen LogP contribution in [0.25, 0.3) is 0 Å². The molecule has 0 aliphatic carbocycles. The van der Waals surface area contributed by atoms with Crippen LogP contribution in [0, 0.1) is 5.92 Å². The van der Waals surface area contributed by atoms with Gasteiger partial charge in [-0.3, -0.25) is 4.79 Å². The zero-order valence-electron chi connectivity index (χ0n) is 11.1. The minimum absolute atomic E-state index is 0.0824. The van der Waals surface area contributed by atoms with Gasteiger partial charge >= 0.3 is 12.0 Å². The number of likely N-dealkylation sites (tertiary alicyclic amines) is 1. The third-order valence-electron chi connectivity index (χ3n) is 3.10. The predicted octanol–water partition coefficient (Wildman–Crippen LogP) is 1.85. The van der Waals surface area contributed by atoms with E-state index in [0.717, 1.165) is 6.42 Å². The maximum absolute atomic E-state index is 11.8. The van der Waals surface area contributed by atoms with Gasteiger partial charge in [0.1, 0.15) is 0 Å². The molecule has 0 aromatic rings. The number of amides is 2. The van der Waals surface area contributed by atoms with Crippen LogP contribution in [0.5, 0.6) is 0 Å². The number of piperidine rings is 1. The molecule has 0 unspecified atom stereocenters. The Hall–Kier alpha value is -1.52. The SMILES string of the molecule is CC(C)=CCCNC(=O)N1CCC(C(=O)O)CC1. The lowest BCUT2D eigenvalue weighted by Crippen LogP contribution is -2.45. The summed E-state index contributed by atoms with van der Waals surface area (Å²) in [5, 5.41) is 11.7. The third-order valence-corrected chi connectivity index (χ3v) is 3.10. The molecule has 0 spiro atoms. The van der Waals surface area contributed by atoms with Crippen LogP contribution in [0.3, 0.4) is 0 Å². The van der Waals surface area contributed by atoms with Crippen LogP contribution in [0.15, 0.2) is 11.6 Å². The van der Waals surface area contributed by atoms with Crippen LogP contribution in [0.2, 0.25) is 0 Å². The van der Waals surface area contributed by atoms with Gasteiger partial charge in [0.2, 0.25) is 0 Å². The molecule has 0 bridgehead atoms. The van der Waals surface area contributed by atoms with Crippen molar-refractivity contribution in [2.45, 2.75) is 33.1 Å². The number of hydrogen-bond donors (Lipinski definition) is 2. The second kappa shape index (κ2) is 7.03. The number of hydrogen-bond acceptors (Lipinski definition) is 2. The molecule has 1 rings (SSSR count). The van der Waals surface area contributed by atoms with E-state index in [9.17, 15) is 9.59 Å². The van der Waals surface area contributed by atoms with Crippen molar-refractivity contribution in [3.63, 3.8) is 0 Å². The highest BCUT2D eigenvalue weighted by atomic mass is 16.4. The average molecular weight is 254 g/mol. The highest BCUT2D eigenvalue weighted by molar-refractivity contribution is 5.75. The first-order valence-corrected chi connectivity index (χ1v) is 6.39. The van der Waals surface area contributed by atoms with Crippen LogP contribution in [-0.4, -0.2) is 41.6 Å². The van der Waals surface area contributed by atoms with Gasteiger partial charge in [0, 0.05) is 19.6 Å². The first kappa shape index (κ1) is 14.5. The fraction of sp³-hybridized carbons (Fsp3) is 0.692. The number of carboxylic acids is 1. The number of aliphatic carboxylic acids is 1. The Balaban J connectivity index is 2.24. The van der Waals surface area contributed by atoms with Crippen molar-refractivity contribution in [1.29, 1.82) is 0 Å². The maximum Gasteiger partial charge on any atom is 0.317 e. The molecule has 5 nitrogen and oxygen atoms in total. The van der Waals surface area contributed by atoms with Gasteiger partial charge < -0.3 is 15.3 Å². The summed E-state index contributed by atoms with van der Waals surface area (Å²) < 4.78 is 0. The number of allylic oxidation sites excluding steroid dienone is 1. The molecular formula is C13H22N2O3. The molecule has 2 N–H and O–H groups in total. The van der Waals surface area contributed by atoms with E-state index in [1.54, 1.807) is 4.90 Å². The summed E-state index contributed by atoms with van der Waals surface area (Å²) in [4.78, 5) is 24.2. The van der Waals surface area contributed by atoms with Crippen molar-refractivity contribution in [3.8, 4) is 0 Å². The molecule has 1 aliphatic rings. The highest BCUT2D eigenvalue weighted by Gasteiger charge is 2.26. The summed E-state index contributed by atoms with van der Waals surface area (Å²) in [5.41, 5.74) is 1.24. The van der Waals surface area contributed by atoms with Gasteiger partial charge in [-0.05, 0) is 33.1 Å². The lowest BCUT2D eigenvalue weighted by molar-refractivity contribution is -0.143. The Morgan fingerprint density at radius 1 is 1.33 bits per heavy atom. The lowest BCUT2D eigenvalue weighted by Gasteiger charge is -2.30. The molecule has 0 aromatic carbocycles. The average Bonchev–Trinajstić information content (AvgIpc) is 2.34. The largest absolute Gasteiger partial charge is 0.481 e. The summed E-state index contributed by atoms with van der Waals surface area (Å²) in [6.07, 6.45) is 4.02. The number of nitrogens with one attached hydrogen (secondary N) is 1. The quantitative estimate of drug-likeness (QED) is 0.594. The fourth-order valence-corrected chi connectivity index (χ4v) is 1.98. The van der Waals surface area contributed by atoms with Crippen LogP contribution < -0.4 is 5.32 Å². The summed E-state index contributed by atoms with van der Waals surface area (Å²) >= 11 is 0. The number of carbonyl (C=O) groups excluding carboxylic acids is 1. The van der Waals surface area contributed by atoms with Crippen molar-refractivity contribution in [1.82, 2.24) is 10.2 Å². The Morgan fingerprint density at radius 2 is 1.94 bits per heavy atom. The summed E-state index contributed by atoms with van der Waals surface area (Å²) in [6.45, 7) is 5.75. The third kappa shape index (κ3) is 4.77. The maximum atomic E-state index is 11.8. The van der Waals surface area contributed by atoms with E-state index in [-0.39, 0.29) is 11.9 Å². The van der Waals surface area contributed by atoms with Gasteiger partial charge in [-0.1, -0.05) is 11.6 Å². The normalized spacial score (nSPS) is 16.2. The van der Waals surface area contributed by atoms with E-state index in [0.29, 0.717) is 32.5 Å². The molecule has 0 aromatic heterocycles. The Labute approximate surface area is 108 Å². The predicted molar refractivity (Wildman–Crippen MR) is 69.4 cm³/mol. The first-order chi connectivity index (χ1) is 8.50. The Morgan fingerprint density at radius 3 is 2.44 bits per heavy atom. The van der Waals surface area contributed by atoms with Gasteiger partial charge in [0.25, 0.3) is 0 Å². The van der Waals surface area contributed by atoms with Gasteiger partial charge in [0.15, 0.2) is 0 Å². The van der Waals surface area contributed by atoms with Crippen molar-refractivity contribution in [2.24, 2.45) is 5.92 Å². The highest BCUT2D eigenvalue weighted by Crippen LogP contribution is 2.17. The molecule has 1 heterocycles. The lowest BCUT2D eigenvalue weighted by atomic mass is 9.97. The second-order valence-electron chi connectivity index (χ2n) is 4.90. The zero-order valence-corrected chi connectivity index (χ0v) is 11.1. The number of urea groups is 1. The van der Waals surface area contributed by atoms with E-state index in [2.05, 4.69) is 11.4 Å². The van der Waals surface area contributed by atoms with E-state index in [1.165, 1.54) is 5.57 Å². The van der Waals surface area contributed by atoms with Crippen molar-refractivity contribution in [2.75, 3.05) is 19.6 Å². The molecule has 5 heteroatoms. The van der Waals surface area contributed by atoms with Crippen molar-refractivity contribution in [3.05, 3.63) is 11.6 Å². The number of carboxylic acid groups (broad SMARTS) is 1. The fourth-order valence-electron chi connectivity index (χ4n) is 1.98. The van der Waals surface area contributed by atoms with Gasteiger partial charge in [-0.2, -0.15) is 0 Å². The van der Waals surface area contributed by atoms with Crippen LogP contribution >= 0.6 is 0 Å². The Bertz CT molecular complexity index is 327. The van der Waals surface area contributed by atoms with E-state index < -0.39 is 5.97 Å². The second-order valence-corrected chi connectivity index (χ2v) is 4.90. The molecule has 0 saturated carbocycles. The zero-order chi connectivity index (χ0) is 13.5. The molecule has 1 saturated heterocycles. The van der Waals surface area contributed by atoms with Gasteiger partial charge in [0.05, 0.1) is 5.92 Å². The van der Waals surface area contributed by atoms with Gasteiger partial charge in [-0.25, -0.2) is 4.79 Å². The summed E-state index contributed by atoms with van der Waals surface area (Å²) in [7, 11) is 0. The molecular weight excluding hydrogens is 232 g/mol. The number of carbonyl (C=O) groups is 2. The molecule has 1 aliphatic heterocycles. The van der Waals surface area contributed by atoms with E-state index >= 15 is 0 Å². The minimum atomic E-state index is -0.751. The number of rotatable bonds is 4. The monoisotopic (exact) mass is 254 g/mol. The van der Waals surface area contributed by atoms with Crippen molar-refractivity contribution < 1.29 is 14.7 Å². The molecule has 102 valence electrons. The van der Waals surface area contributed by atoms with Crippen LogP contribution in [0.4, 0.5) is 4.79 Å². The minimum Gasteiger partial charge on any atom is -0.481 e. The van der Waals surface area contributed by atoms with Gasteiger partial charge in [-0.15, -0.1) is 0 Å². The summed E-state index contributed by atoms with van der Waals surface area (Å²) in [6, 6.07) is -0.0824. The van der Waals surface area contributed by atoms with E-state index in [1.807, 2.05) is 13.8 Å². The van der Waals surface area contributed by atoms with Crippen molar-refractivity contribution >= 4 is 12.0 Å². The smallest absolute Gasteiger partial charge is 0.317 e. The van der Waals surface area contributed by atoms with Crippen LogP contribution in [0.1, 0.15) is 33.1 Å². The topological polar surface area (TPSA) is 69.6 Å². The molecule has 0 radical (unpaired) electrons. The molecule has 1 fully saturated rings. The van der Waals surface area contributed by atoms with E-state index in [4.69, 9.17) is 5.11 Å². The van der Waals surface area contributed by atoms with Crippen LogP contribution in [-0.2, 0) is 4.79 Å². The standard InChI is InChI=1S/C13H22N2O3/c1-10(2)4-3-7-14-13(18)15-8-5-11(6-9-15)12(16)17/h4,11H,3,5-9H2,1-2H3,(H,14,18)(H,16,17). The molecule has 0 atom stereocenters. The summed E-state index contributed by atoms with van der Waals surface area (Å²) in [5.74, 6) is -1.04. The molecule has 2 amide bonds. The molecule has 18 heavy (non-hydrogen) atoms. The number of nitrogens with zero attached hydrogens (tertiary/aromatic N) is 1. The Kier molecular flexibility index (Phi) is 5.68. The first-order valence-electron chi connectivity index (χ1n) is 6.39.